The second-order valence-corrected chi connectivity index (χ2v) is 3.86. The lowest BCUT2D eigenvalue weighted by Gasteiger charge is -1.95. The lowest BCUT2D eigenvalue weighted by molar-refractivity contribution is 0.421. The summed E-state index contributed by atoms with van der Waals surface area (Å²) in [6.07, 6.45) is 0.438. The number of rotatable bonds is 3. The number of hydrogen-bond acceptors (Lipinski definition) is 6. The number of halogens is 1. The number of nitrogens with two attached hydrogens (primary N) is 1. The lowest BCUT2D eigenvalue weighted by atomic mass is 10.1. The third kappa shape index (κ3) is 2.41. The molecule has 0 aliphatic carbocycles. The van der Waals surface area contributed by atoms with E-state index in [-0.39, 0.29) is 17.7 Å². The third-order valence-electron chi connectivity index (χ3n) is 2.45. The predicted molar refractivity (Wildman–Crippen MR) is 63.3 cm³/mol. The van der Waals surface area contributed by atoms with Gasteiger partial charge in [-0.15, -0.1) is 5.10 Å². The highest BCUT2D eigenvalue weighted by atomic mass is 19.1. The fraction of sp³-hybridized carbons (Fsp3) is 0.0909. The molecular weight excluding hydrogens is 251 g/mol. The molecule has 0 unspecified atom stereocenters. The smallest absolute Gasteiger partial charge is 0.295 e. The van der Waals surface area contributed by atoms with Crippen LogP contribution in [0.4, 0.5) is 10.3 Å². The topological polar surface area (TPSA) is 107 Å². The molecule has 0 saturated carbocycles. The van der Waals surface area contributed by atoms with Gasteiger partial charge in [-0.1, -0.05) is 17.3 Å². The molecule has 2 heterocycles. The van der Waals surface area contributed by atoms with Gasteiger partial charge in [0.2, 0.25) is 11.8 Å². The highest BCUT2D eigenvalue weighted by molar-refractivity contribution is 5.41. The van der Waals surface area contributed by atoms with E-state index in [2.05, 4.69) is 25.3 Å². The van der Waals surface area contributed by atoms with Crippen molar-refractivity contribution in [2.45, 2.75) is 6.42 Å². The summed E-state index contributed by atoms with van der Waals surface area (Å²) in [4.78, 5) is 8.03. The average Bonchev–Trinajstić information content (AvgIpc) is 3.01. The monoisotopic (exact) mass is 260 g/mol. The molecule has 0 atom stereocenters. The van der Waals surface area contributed by atoms with Crippen LogP contribution in [0, 0.1) is 5.82 Å². The summed E-state index contributed by atoms with van der Waals surface area (Å²) in [6.45, 7) is 0. The van der Waals surface area contributed by atoms with Crippen LogP contribution in [0.2, 0.25) is 0 Å². The summed E-state index contributed by atoms with van der Waals surface area (Å²) in [6, 6.07) is 6.09. The molecule has 0 saturated heterocycles. The quantitative estimate of drug-likeness (QED) is 0.732. The van der Waals surface area contributed by atoms with Crippen molar-refractivity contribution in [3.8, 4) is 11.7 Å². The molecule has 0 amide bonds. The van der Waals surface area contributed by atoms with Crippen molar-refractivity contribution in [2.75, 3.05) is 5.73 Å². The van der Waals surface area contributed by atoms with Crippen LogP contribution < -0.4 is 5.73 Å². The van der Waals surface area contributed by atoms with Gasteiger partial charge in [0.05, 0.1) is 0 Å². The van der Waals surface area contributed by atoms with Crippen LogP contribution in [-0.4, -0.2) is 25.3 Å². The first-order valence-corrected chi connectivity index (χ1v) is 5.46. The standard InChI is InChI=1S/C11H9FN6O/c12-7-3-1-6(2-4-7)5-8-14-10(19-18-8)9-15-11(13)17-16-9/h1-4H,5H2,(H3,13,15,16,17). The average molecular weight is 260 g/mol. The van der Waals surface area contributed by atoms with Gasteiger partial charge >= 0.3 is 0 Å². The van der Waals surface area contributed by atoms with E-state index in [1.807, 2.05) is 0 Å². The van der Waals surface area contributed by atoms with Crippen molar-refractivity contribution >= 4 is 5.95 Å². The SMILES string of the molecule is Nc1n[nH]c(-c2nc(Cc3ccc(F)cc3)no2)n1. The molecule has 3 aromatic rings. The largest absolute Gasteiger partial charge is 0.366 e. The van der Waals surface area contributed by atoms with Gasteiger partial charge in [-0.3, -0.25) is 5.10 Å². The predicted octanol–water partition coefficient (Wildman–Crippen LogP) is 1.17. The minimum atomic E-state index is -0.283. The van der Waals surface area contributed by atoms with E-state index < -0.39 is 0 Å². The van der Waals surface area contributed by atoms with Gasteiger partial charge in [0.25, 0.3) is 5.89 Å². The van der Waals surface area contributed by atoms with Gasteiger partial charge in [-0.25, -0.2) is 4.39 Å². The number of aromatic nitrogens is 5. The van der Waals surface area contributed by atoms with E-state index in [0.29, 0.717) is 18.1 Å². The first kappa shape index (κ1) is 11.3. The molecule has 3 N–H and O–H groups in total. The number of nitrogens with zero attached hydrogens (tertiary/aromatic N) is 4. The summed E-state index contributed by atoms with van der Waals surface area (Å²) >= 11 is 0. The molecule has 0 radical (unpaired) electrons. The molecule has 8 heteroatoms. The number of anilines is 1. The van der Waals surface area contributed by atoms with Gasteiger partial charge < -0.3 is 10.3 Å². The Labute approximate surface area is 106 Å². The minimum absolute atomic E-state index is 0.105. The first-order chi connectivity index (χ1) is 9.20. The Kier molecular flexibility index (Phi) is 2.67. The Morgan fingerprint density at radius 1 is 1.21 bits per heavy atom. The van der Waals surface area contributed by atoms with E-state index in [1.54, 1.807) is 12.1 Å². The van der Waals surface area contributed by atoms with Crippen molar-refractivity contribution in [3.05, 3.63) is 41.5 Å². The van der Waals surface area contributed by atoms with E-state index in [0.717, 1.165) is 5.56 Å². The Morgan fingerprint density at radius 2 is 2.00 bits per heavy atom. The van der Waals surface area contributed by atoms with Crippen LogP contribution in [0.5, 0.6) is 0 Å². The molecule has 7 nitrogen and oxygen atoms in total. The van der Waals surface area contributed by atoms with Gasteiger partial charge in [-0.2, -0.15) is 9.97 Å². The van der Waals surface area contributed by atoms with Crippen molar-refractivity contribution in [2.24, 2.45) is 0 Å². The van der Waals surface area contributed by atoms with Crippen LogP contribution in [-0.2, 0) is 6.42 Å². The van der Waals surface area contributed by atoms with Crippen LogP contribution in [0.3, 0.4) is 0 Å². The fourth-order valence-electron chi connectivity index (χ4n) is 1.58. The van der Waals surface area contributed by atoms with Crippen LogP contribution in [0.1, 0.15) is 11.4 Å². The normalized spacial score (nSPS) is 10.8. The second kappa shape index (κ2) is 4.48. The molecule has 0 fully saturated rings. The Balaban J connectivity index is 1.80. The highest BCUT2D eigenvalue weighted by Gasteiger charge is 2.12. The van der Waals surface area contributed by atoms with E-state index >= 15 is 0 Å². The maximum absolute atomic E-state index is 12.8. The number of nitrogen functional groups attached to an aromatic ring is 1. The second-order valence-electron chi connectivity index (χ2n) is 3.86. The molecule has 0 aliphatic rings. The molecular formula is C11H9FN6O. The number of nitrogens with one attached hydrogen (secondary N) is 1. The van der Waals surface area contributed by atoms with Crippen LogP contribution >= 0.6 is 0 Å². The molecule has 2 aromatic heterocycles. The van der Waals surface area contributed by atoms with Gasteiger partial charge in [0.1, 0.15) is 5.82 Å². The number of H-pyrrole nitrogens is 1. The third-order valence-corrected chi connectivity index (χ3v) is 2.45. The Bertz CT molecular complexity index is 689. The highest BCUT2D eigenvalue weighted by Crippen LogP contribution is 2.14. The zero-order valence-corrected chi connectivity index (χ0v) is 9.67. The van der Waals surface area contributed by atoms with Crippen molar-refractivity contribution in [1.82, 2.24) is 25.3 Å². The molecule has 1 aromatic carbocycles. The lowest BCUT2D eigenvalue weighted by Crippen LogP contribution is -1.91. The molecule has 19 heavy (non-hydrogen) atoms. The van der Waals surface area contributed by atoms with Crippen molar-refractivity contribution < 1.29 is 8.91 Å². The number of benzene rings is 1. The molecule has 96 valence electrons. The fourth-order valence-corrected chi connectivity index (χ4v) is 1.58. The Hall–Kier alpha value is -2.77. The summed E-state index contributed by atoms with van der Waals surface area (Å²) < 4.78 is 17.8. The summed E-state index contributed by atoms with van der Waals surface area (Å²) in [5.74, 6) is 0.816. The van der Waals surface area contributed by atoms with E-state index in [1.165, 1.54) is 12.1 Å². The van der Waals surface area contributed by atoms with Gasteiger partial charge in [0.15, 0.2) is 5.82 Å². The molecule has 0 spiro atoms. The van der Waals surface area contributed by atoms with Crippen molar-refractivity contribution in [1.29, 1.82) is 0 Å². The van der Waals surface area contributed by atoms with Gasteiger partial charge in [-0.05, 0) is 17.7 Å². The maximum Gasteiger partial charge on any atom is 0.295 e. The summed E-state index contributed by atoms with van der Waals surface area (Å²) in [7, 11) is 0. The zero-order chi connectivity index (χ0) is 13.2. The van der Waals surface area contributed by atoms with E-state index in [9.17, 15) is 4.39 Å². The Morgan fingerprint density at radius 3 is 2.68 bits per heavy atom. The first-order valence-electron chi connectivity index (χ1n) is 5.46. The molecule has 0 bridgehead atoms. The molecule has 0 aliphatic heterocycles. The number of aromatic amines is 1. The van der Waals surface area contributed by atoms with Crippen molar-refractivity contribution in [3.63, 3.8) is 0 Å². The molecule has 3 rings (SSSR count). The zero-order valence-electron chi connectivity index (χ0n) is 9.67. The van der Waals surface area contributed by atoms with Gasteiger partial charge in [0, 0.05) is 6.42 Å². The minimum Gasteiger partial charge on any atom is -0.366 e. The van der Waals surface area contributed by atoms with E-state index in [4.69, 9.17) is 10.3 Å². The van der Waals surface area contributed by atoms with Crippen LogP contribution in [0.15, 0.2) is 28.8 Å². The summed E-state index contributed by atoms with van der Waals surface area (Å²) in [5, 5.41) is 10.1. The maximum atomic E-state index is 12.8. The van der Waals surface area contributed by atoms with Crippen LogP contribution in [0.25, 0.3) is 11.7 Å². The number of hydrogen-bond donors (Lipinski definition) is 2. The summed E-state index contributed by atoms with van der Waals surface area (Å²) in [5.41, 5.74) is 6.26.